The van der Waals surface area contributed by atoms with Crippen LogP contribution < -0.4 is 0 Å². The molecule has 25 heavy (non-hydrogen) atoms. The van der Waals surface area contributed by atoms with Crippen LogP contribution in [0.2, 0.25) is 0 Å². The number of carbonyl (C=O) groups is 1. The van der Waals surface area contributed by atoms with Gasteiger partial charge in [-0.15, -0.1) is 0 Å². The molecule has 0 aliphatic heterocycles. The Balaban J connectivity index is 3.66. The molecule has 0 aliphatic rings. The van der Waals surface area contributed by atoms with Gasteiger partial charge in [0, 0.05) is 6.42 Å². The smallest absolute Gasteiger partial charge is 0.303 e. The second-order valence-electron chi connectivity index (χ2n) is 6.34. The van der Waals surface area contributed by atoms with Crippen molar-refractivity contribution in [2.45, 2.75) is 71.6 Å². The predicted octanol–water partition coefficient (Wildman–Crippen LogP) is 7.02. The number of hydrogen-bond acceptors (Lipinski definition) is 1. The minimum absolute atomic E-state index is 0.214. The topological polar surface area (TPSA) is 37.3 Å². The van der Waals surface area contributed by atoms with E-state index in [1.165, 1.54) is 25.7 Å². The van der Waals surface area contributed by atoms with E-state index in [0.717, 1.165) is 19.3 Å². The summed E-state index contributed by atoms with van der Waals surface area (Å²) in [5, 5.41) is 8.55. The van der Waals surface area contributed by atoms with E-state index in [4.69, 9.17) is 5.11 Å². The number of aliphatic carboxylic acids is 1. The highest BCUT2D eigenvalue weighted by Gasteiger charge is 1.94. The zero-order valence-electron chi connectivity index (χ0n) is 16.1. The molecule has 0 aromatic rings. The van der Waals surface area contributed by atoms with Gasteiger partial charge in [0.05, 0.1) is 0 Å². The van der Waals surface area contributed by atoms with Gasteiger partial charge in [-0.1, -0.05) is 87.4 Å². The Bertz CT molecular complexity index is 453. The van der Waals surface area contributed by atoms with Crippen LogP contribution in [0.4, 0.5) is 0 Å². The molecular formula is C23H36O2. The number of hydrogen-bond donors (Lipinski definition) is 1. The zero-order chi connectivity index (χ0) is 18.6. The highest BCUT2D eigenvalue weighted by Crippen LogP contribution is 2.06. The van der Waals surface area contributed by atoms with Crippen molar-refractivity contribution in [2.75, 3.05) is 0 Å². The van der Waals surface area contributed by atoms with Crippen molar-refractivity contribution in [1.29, 1.82) is 0 Å². The Morgan fingerprint density at radius 2 is 1.56 bits per heavy atom. The van der Waals surface area contributed by atoms with Gasteiger partial charge in [-0.05, 0) is 44.4 Å². The summed E-state index contributed by atoms with van der Waals surface area (Å²) in [4.78, 5) is 10.4. The van der Waals surface area contributed by atoms with Crippen molar-refractivity contribution in [3.05, 3.63) is 60.8 Å². The molecule has 0 saturated carbocycles. The first-order chi connectivity index (χ1) is 12.2. The summed E-state index contributed by atoms with van der Waals surface area (Å²) in [7, 11) is 0. The van der Waals surface area contributed by atoms with Crippen LogP contribution in [0.1, 0.15) is 71.6 Å². The molecule has 2 nitrogen and oxygen atoms in total. The molecular weight excluding hydrogens is 308 g/mol. The van der Waals surface area contributed by atoms with Gasteiger partial charge in [0.25, 0.3) is 0 Å². The van der Waals surface area contributed by atoms with Crippen molar-refractivity contribution in [1.82, 2.24) is 0 Å². The SMILES string of the molecule is CCCCC/C=C\C/C=C\C/C=C\C=C\C(C)C/C=C\CCC(=O)O. The van der Waals surface area contributed by atoms with Gasteiger partial charge >= 0.3 is 5.97 Å². The maximum Gasteiger partial charge on any atom is 0.303 e. The second-order valence-corrected chi connectivity index (χ2v) is 6.34. The Morgan fingerprint density at radius 3 is 2.28 bits per heavy atom. The largest absolute Gasteiger partial charge is 0.481 e. The first-order valence-electron chi connectivity index (χ1n) is 9.67. The van der Waals surface area contributed by atoms with E-state index < -0.39 is 5.97 Å². The van der Waals surface area contributed by atoms with Crippen LogP contribution in [-0.4, -0.2) is 11.1 Å². The lowest BCUT2D eigenvalue weighted by atomic mass is 10.1. The summed E-state index contributed by atoms with van der Waals surface area (Å²) >= 11 is 0. The maximum absolute atomic E-state index is 10.4. The van der Waals surface area contributed by atoms with Crippen LogP contribution in [0.3, 0.4) is 0 Å². The standard InChI is InChI=1S/C23H36O2/c1-3-4-5-6-7-8-9-10-11-12-13-14-16-19-22(2)20-17-15-18-21-23(24)25/h7-8,10-11,13-17,19,22H,3-6,9,12,18,20-21H2,1-2H3,(H,24,25)/b8-7-,11-10-,14-13-,17-15-,19-16+. The fourth-order valence-electron chi connectivity index (χ4n) is 2.20. The third-order valence-electron chi connectivity index (χ3n) is 3.74. The zero-order valence-corrected chi connectivity index (χ0v) is 16.1. The van der Waals surface area contributed by atoms with Crippen molar-refractivity contribution in [2.24, 2.45) is 5.92 Å². The van der Waals surface area contributed by atoms with Gasteiger partial charge in [-0.2, -0.15) is 0 Å². The molecule has 1 unspecified atom stereocenters. The summed E-state index contributed by atoms with van der Waals surface area (Å²) in [5.41, 5.74) is 0. The Morgan fingerprint density at radius 1 is 0.880 bits per heavy atom. The molecule has 0 bridgehead atoms. The van der Waals surface area contributed by atoms with E-state index in [0.29, 0.717) is 12.3 Å². The predicted molar refractivity (Wildman–Crippen MR) is 110 cm³/mol. The average molecular weight is 345 g/mol. The van der Waals surface area contributed by atoms with Crippen LogP contribution >= 0.6 is 0 Å². The quantitative estimate of drug-likeness (QED) is 0.197. The Labute approximate surface area is 154 Å². The number of allylic oxidation sites excluding steroid dienone is 10. The number of carboxylic acids is 1. The summed E-state index contributed by atoms with van der Waals surface area (Å²) in [6.07, 6.45) is 30.4. The maximum atomic E-state index is 10.4. The Hall–Kier alpha value is -1.83. The fraction of sp³-hybridized carbons (Fsp3) is 0.522. The molecule has 0 aromatic carbocycles. The highest BCUT2D eigenvalue weighted by atomic mass is 16.4. The van der Waals surface area contributed by atoms with Crippen molar-refractivity contribution in [3.63, 3.8) is 0 Å². The molecule has 0 fully saturated rings. The molecule has 0 aliphatic carbocycles. The van der Waals surface area contributed by atoms with Crippen LogP contribution in [0.5, 0.6) is 0 Å². The molecule has 140 valence electrons. The lowest BCUT2D eigenvalue weighted by Crippen LogP contribution is -1.92. The number of carboxylic acid groups (broad SMARTS) is 1. The van der Waals surface area contributed by atoms with Gasteiger partial charge in [-0.25, -0.2) is 0 Å². The van der Waals surface area contributed by atoms with Gasteiger partial charge in [0.15, 0.2) is 0 Å². The second kappa shape index (κ2) is 18.5. The molecule has 1 N–H and O–H groups in total. The molecule has 0 heterocycles. The van der Waals surface area contributed by atoms with Gasteiger partial charge in [0.1, 0.15) is 0 Å². The minimum atomic E-state index is -0.736. The fourth-order valence-corrected chi connectivity index (χ4v) is 2.20. The summed E-state index contributed by atoms with van der Waals surface area (Å²) in [6, 6.07) is 0. The monoisotopic (exact) mass is 344 g/mol. The summed E-state index contributed by atoms with van der Waals surface area (Å²) in [5.74, 6) is -0.265. The van der Waals surface area contributed by atoms with E-state index in [-0.39, 0.29) is 6.42 Å². The molecule has 0 amide bonds. The van der Waals surface area contributed by atoms with Crippen LogP contribution in [0.15, 0.2) is 60.8 Å². The average Bonchev–Trinajstić information content (AvgIpc) is 2.58. The number of rotatable bonds is 15. The van der Waals surface area contributed by atoms with Gasteiger partial charge < -0.3 is 5.11 Å². The van der Waals surface area contributed by atoms with Crippen molar-refractivity contribution in [3.8, 4) is 0 Å². The molecule has 0 radical (unpaired) electrons. The van der Waals surface area contributed by atoms with Crippen LogP contribution in [0.25, 0.3) is 0 Å². The van der Waals surface area contributed by atoms with E-state index in [1.807, 2.05) is 6.08 Å². The first kappa shape index (κ1) is 23.2. The van der Waals surface area contributed by atoms with Gasteiger partial charge in [-0.3, -0.25) is 4.79 Å². The third-order valence-corrected chi connectivity index (χ3v) is 3.74. The molecule has 0 spiro atoms. The molecule has 1 atom stereocenters. The van der Waals surface area contributed by atoms with Crippen LogP contribution in [0, 0.1) is 5.92 Å². The molecule has 0 aromatic heterocycles. The van der Waals surface area contributed by atoms with Crippen LogP contribution in [-0.2, 0) is 4.79 Å². The molecule has 0 rings (SSSR count). The molecule has 2 heteroatoms. The normalized spacial score (nSPS) is 14.0. The minimum Gasteiger partial charge on any atom is -0.481 e. The summed E-state index contributed by atoms with van der Waals surface area (Å²) < 4.78 is 0. The van der Waals surface area contributed by atoms with E-state index in [2.05, 4.69) is 68.5 Å². The first-order valence-corrected chi connectivity index (χ1v) is 9.67. The number of unbranched alkanes of at least 4 members (excludes halogenated alkanes) is 3. The lowest BCUT2D eigenvalue weighted by molar-refractivity contribution is -0.136. The van der Waals surface area contributed by atoms with Gasteiger partial charge in [0.2, 0.25) is 0 Å². The van der Waals surface area contributed by atoms with E-state index in [1.54, 1.807) is 0 Å². The van der Waals surface area contributed by atoms with Crippen molar-refractivity contribution >= 4 is 5.97 Å². The highest BCUT2D eigenvalue weighted by molar-refractivity contribution is 5.66. The van der Waals surface area contributed by atoms with E-state index >= 15 is 0 Å². The Kier molecular flexibility index (Phi) is 17.2. The molecule has 0 saturated heterocycles. The lowest BCUT2D eigenvalue weighted by Gasteiger charge is -1.99. The van der Waals surface area contributed by atoms with Crippen molar-refractivity contribution < 1.29 is 9.90 Å². The third kappa shape index (κ3) is 20.1. The van der Waals surface area contributed by atoms with E-state index in [9.17, 15) is 4.79 Å². The summed E-state index contributed by atoms with van der Waals surface area (Å²) in [6.45, 7) is 4.40.